The zero-order chi connectivity index (χ0) is 21.8. The molecule has 0 radical (unpaired) electrons. The van der Waals surface area contributed by atoms with Gasteiger partial charge in [-0.2, -0.15) is 0 Å². The monoisotopic (exact) mass is 410 g/mol. The van der Waals surface area contributed by atoms with Crippen molar-refractivity contribution in [3.05, 3.63) is 71.1 Å². The molecule has 0 bridgehead atoms. The van der Waals surface area contributed by atoms with Crippen molar-refractivity contribution in [3.8, 4) is 0 Å². The number of carbonyl (C=O) groups is 1. The molecular formula is C25H32NO4-. The van der Waals surface area contributed by atoms with Crippen LogP contribution in [-0.4, -0.2) is 27.3 Å². The molecular weight excluding hydrogens is 378 g/mol. The molecule has 0 aliphatic rings. The predicted molar refractivity (Wildman–Crippen MR) is 117 cm³/mol. The summed E-state index contributed by atoms with van der Waals surface area (Å²) in [6.45, 7) is 2.20. The van der Waals surface area contributed by atoms with Crippen LogP contribution in [0.3, 0.4) is 0 Å². The second-order valence-corrected chi connectivity index (χ2v) is 7.67. The minimum atomic E-state index is -1.27. The van der Waals surface area contributed by atoms with Crippen LogP contribution in [-0.2, 0) is 6.42 Å². The van der Waals surface area contributed by atoms with Crippen LogP contribution in [0.5, 0.6) is 0 Å². The van der Waals surface area contributed by atoms with Crippen molar-refractivity contribution < 1.29 is 20.1 Å². The van der Waals surface area contributed by atoms with Crippen LogP contribution < -0.4 is 5.11 Å². The molecule has 0 fully saturated rings. The van der Waals surface area contributed by atoms with Gasteiger partial charge < -0.3 is 20.1 Å². The number of rotatable bonds is 13. The molecule has 1 heterocycles. The number of pyridine rings is 1. The average Bonchev–Trinajstić information content (AvgIpc) is 2.75. The Morgan fingerprint density at radius 2 is 1.80 bits per heavy atom. The van der Waals surface area contributed by atoms with Crippen LogP contribution in [0.25, 0.3) is 6.08 Å². The van der Waals surface area contributed by atoms with Crippen molar-refractivity contribution in [2.45, 2.75) is 70.5 Å². The van der Waals surface area contributed by atoms with E-state index >= 15 is 0 Å². The molecule has 0 saturated carbocycles. The molecule has 2 aromatic rings. The number of unbranched alkanes of at least 4 members (excludes halogenated alkanes) is 5. The molecule has 30 heavy (non-hydrogen) atoms. The van der Waals surface area contributed by atoms with Gasteiger partial charge in [0.1, 0.15) is 0 Å². The van der Waals surface area contributed by atoms with E-state index in [1.807, 2.05) is 18.2 Å². The quantitative estimate of drug-likeness (QED) is 0.489. The Labute approximate surface area is 179 Å². The fraction of sp³-hybridized carbons (Fsp3) is 0.440. The number of carbonyl (C=O) groups excluding carboxylic acids is 1. The van der Waals surface area contributed by atoms with Crippen LogP contribution in [0.15, 0.2) is 48.5 Å². The van der Waals surface area contributed by atoms with Crippen molar-refractivity contribution in [1.29, 1.82) is 0 Å². The fourth-order valence-electron chi connectivity index (χ4n) is 3.33. The molecule has 2 unspecified atom stereocenters. The van der Waals surface area contributed by atoms with Crippen molar-refractivity contribution >= 4 is 12.0 Å². The molecule has 2 rings (SSSR count). The summed E-state index contributed by atoms with van der Waals surface area (Å²) in [6.07, 6.45) is 10.4. The van der Waals surface area contributed by atoms with E-state index in [0.29, 0.717) is 17.0 Å². The summed E-state index contributed by atoms with van der Waals surface area (Å²) in [4.78, 5) is 15.5. The van der Waals surface area contributed by atoms with E-state index in [4.69, 9.17) is 0 Å². The smallest absolute Gasteiger partial charge is 0.0845 e. The Morgan fingerprint density at radius 1 is 1.07 bits per heavy atom. The van der Waals surface area contributed by atoms with E-state index < -0.39 is 18.2 Å². The van der Waals surface area contributed by atoms with Gasteiger partial charge in [-0.15, -0.1) is 0 Å². The Kier molecular flexibility index (Phi) is 10.3. The maximum Gasteiger partial charge on any atom is 0.0845 e. The van der Waals surface area contributed by atoms with Gasteiger partial charge >= 0.3 is 0 Å². The Morgan fingerprint density at radius 3 is 2.57 bits per heavy atom. The summed E-state index contributed by atoms with van der Waals surface area (Å²) in [6, 6.07) is 11.6. The molecule has 5 nitrogen and oxygen atoms in total. The number of aromatic carboxylic acids is 1. The number of hydrogen-bond acceptors (Lipinski definition) is 5. The molecule has 2 atom stereocenters. The summed E-state index contributed by atoms with van der Waals surface area (Å²) in [5.74, 6) is -1.27. The molecule has 162 valence electrons. The number of aliphatic hydroxyl groups is 2. The van der Waals surface area contributed by atoms with Gasteiger partial charge in [0.15, 0.2) is 0 Å². The first-order valence-electron chi connectivity index (χ1n) is 10.8. The second kappa shape index (κ2) is 12.9. The van der Waals surface area contributed by atoms with Crippen molar-refractivity contribution in [2.24, 2.45) is 0 Å². The van der Waals surface area contributed by atoms with Crippen LogP contribution in [0, 0.1) is 0 Å². The standard InChI is InChI=1S/C25H33NO4/c1-2-3-4-5-6-7-14-23(27)16-15-21-12-9-13-22(26-21)18-24(28)19-10-8-11-20(17-19)25(29)30/h8-13,15-17,23-24,27-28H,2-7,14,18H2,1H3,(H,29,30)/p-1/b16-15+. The molecule has 0 saturated heterocycles. The first-order chi connectivity index (χ1) is 14.5. The first kappa shape index (κ1) is 23.8. The number of nitrogens with zero attached hydrogens (tertiary/aromatic N) is 1. The van der Waals surface area contributed by atoms with E-state index in [-0.39, 0.29) is 12.0 Å². The summed E-state index contributed by atoms with van der Waals surface area (Å²) >= 11 is 0. The molecule has 1 aromatic carbocycles. The second-order valence-electron chi connectivity index (χ2n) is 7.67. The predicted octanol–water partition coefficient (Wildman–Crippen LogP) is 3.85. The number of hydrogen-bond donors (Lipinski definition) is 2. The van der Waals surface area contributed by atoms with E-state index in [1.54, 1.807) is 24.3 Å². The minimum absolute atomic E-state index is 0.0375. The number of aromatic nitrogens is 1. The molecule has 0 amide bonds. The maximum atomic E-state index is 11.0. The first-order valence-corrected chi connectivity index (χ1v) is 10.8. The molecule has 2 N–H and O–H groups in total. The average molecular weight is 411 g/mol. The highest BCUT2D eigenvalue weighted by molar-refractivity contribution is 5.85. The molecule has 5 heteroatoms. The van der Waals surface area contributed by atoms with Gasteiger partial charge in [0.05, 0.1) is 23.9 Å². The summed E-state index contributed by atoms with van der Waals surface area (Å²) in [7, 11) is 0. The van der Waals surface area contributed by atoms with Crippen LogP contribution >= 0.6 is 0 Å². The highest BCUT2D eigenvalue weighted by Crippen LogP contribution is 2.19. The molecule has 1 aromatic heterocycles. The van der Waals surface area contributed by atoms with Crippen LogP contribution in [0.2, 0.25) is 0 Å². The van der Waals surface area contributed by atoms with Gasteiger partial charge in [0.25, 0.3) is 0 Å². The van der Waals surface area contributed by atoms with Crippen LogP contribution in [0.4, 0.5) is 0 Å². The van der Waals surface area contributed by atoms with Gasteiger partial charge in [-0.1, -0.05) is 75.8 Å². The largest absolute Gasteiger partial charge is 0.545 e. The zero-order valence-electron chi connectivity index (χ0n) is 17.7. The third-order valence-electron chi connectivity index (χ3n) is 5.08. The lowest BCUT2D eigenvalue weighted by Gasteiger charge is -2.13. The minimum Gasteiger partial charge on any atom is -0.545 e. The van der Waals surface area contributed by atoms with E-state index in [9.17, 15) is 20.1 Å². The highest BCUT2D eigenvalue weighted by Gasteiger charge is 2.11. The van der Waals surface area contributed by atoms with Crippen molar-refractivity contribution in [3.63, 3.8) is 0 Å². The topological polar surface area (TPSA) is 93.5 Å². The summed E-state index contributed by atoms with van der Waals surface area (Å²) in [5, 5.41) is 31.6. The third-order valence-corrected chi connectivity index (χ3v) is 5.08. The van der Waals surface area contributed by atoms with Crippen molar-refractivity contribution in [1.82, 2.24) is 4.98 Å². The number of carboxylic acid groups (broad SMARTS) is 1. The lowest BCUT2D eigenvalue weighted by atomic mass is 10.0. The van der Waals surface area contributed by atoms with Gasteiger partial charge in [-0.3, -0.25) is 4.98 Å². The number of carboxylic acids is 1. The van der Waals surface area contributed by atoms with E-state index in [0.717, 1.165) is 19.3 Å². The lowest BCUT2D eigenvalue weighted by Crippen LogP contribution is -2.22. The zero-order valence-corrected chi connectivity index (χ0v) is 17.7. The van der Waals surface area contributed by atoms with Gasteiger partial charge in [0.2, 0.25) is 0 Å². The molecule has 0 aliphatic heterocycles. The Bertz CT molecular complexity index is 818. The lowest BCUT2D eigenvalue weighted by molar-refractivity contribution is -0.255. The van der Waals surface area contributed by atoms with Crippen LogP contribution in [0.1, 0.15) is 85.3 Å². The normalized spacial score (nSPS) is 13.4. The van der Waals surface area contributed by atoms with Gasteiger partial charge in [-0.05, 0) is 41.8 Å². The molecule has 0 spiro atoms. The number of aliphatic hydroxyl groups excluding tert-OH is 2. The van der Waals surface area contributed by atoms with E-state index in [2.05, 4.69) is 11.9 Å². The third kappa shape index (κ3) is 8.47. The Hall–Kier alpha value is -2.50. The SMILES string of the molecule is CCCCCCCCC(O)/C=C/c1cccc(CC(O)c2cccc(C(=O)[O-])c2)n1. The summed E-state index contributed by atoms with van der Waals surface area (Å²) in [5.41, 5.74) is 1.95. The van der Waals surface area contributed by atoms with Gasteiger partial charge in [0, 0.05) is 12.1 Å². The summed E-state index contributed by atoms with van der Waals surface area (Å²) < 4.78 is 0. The number of benzene rings is 1. The highest BCUT2D eigenvalue weighted by atomic mass is 16.4. The molecule has 0 aliphatic carbocycles. The Balaban J connectivity index is 1.87. The maximum absolute atomic E-state index is 11.0. The van der Waals surface area contributed by atoms with Crippen molar-refractivity contribution in [2.75, 3.05) is 0 Å². The van der Waals surface area contributed by atoms with Gasteiger partial charge in [-0.25, -0.2) is 0 Å². The van der Waals surface area contributed by atoms with E-state index in [1.165, 1.54) is 37.8 Å². The fourth-order valence-corrected chi connectivity index (χ4v) is 3.33.